The van der Waals surface area contributed by atoms with Crippen molar-refractivity contribution in [3.63, 3.8) is 0 Å². The van der Waals surface area contributed by atoms with Crippen LogP contribution in [0.25, 0.3) is 10.9 Å². The number of nitrogens with one attached hydrogen (secondary N) is 1. The first-order valence-electron chi connectivity index (χ1n) is 6.88. The number of para-hydroxylation sites is 1. The van der Waals surface area contributed by atoms with Gasteiger partial charge in [0.05, 0.1) is 19.6 Å². The average molecular weight is 287 g/mol. The number of aromatic amines is 1. The summed E-state index contributed by atoms with van der Waals surface area (Å²) in [6.07, 6.45) is 2.08. The molecule has 6 heteroatoms. The molecule has 3 N–H and O–H groups in total. The molecule has 0 radical (unpaired) electrons. The summed E-state index contributed by atoms with van der Waals surface area (Å²) < 4.78 is 5.23. The molecule has 21 heavy (non-hydrogen) atoms. The first-order chi connectivity index (χ1) is 10.2. The van der Waals surface area contributed by atoms with Crippen molar-refractivity contribution in [3.8, 4) is 0 Å². The molecule has 110 valence electrons. The largest absolute Gasteiger partial charge is 0.377 e. The first kappa shape index (κ1) is 13.6. The molecule has 0 bridgehead atoms. The van der Waals surface area contributed by atoms with E-state index in [4.69, 9.17) is 10.5 Å². The lowest BCUT2D eigenvalue weighted by atomic mass is 10.1. The number of amides is 2. The minimum atomic E-state index is -0.670. The number of primary amides is 1. The summed E-state index contributed by atoms with van der Waals surface area (Å²) in [6, 6.07) is 7.14. The molecular formula is C15H17N3O3. The number of carbonyl (C=O) groups is 2. The summed E-state index contributed by atoms with van der Waals surface area (Å²) in [5.41, 5.74) is 7.26. The van der Waals surface area contributed by atoms with Gasteiger partial charge in [0.1, 0.15) is 6.04 Å². The number of ether oxygens (including phenoxy) is 1. The molecule has 1 fully saturated rings. The minimum Gasteiger partial charge on any atom is -0.377 e. The Morgan fingerprint density at radius 2 is 2.19 bits per heavy atom. The second-order valence-corrected chi connectivity index (χ2v) is 5.12. The van der Waals surface area contributed by atoms with Gasteiger partial charge in [-0.3, -0.25) is 9.59 Å². The summed E-state index contributed by atoms with van der Waals surface area (Å²) in [6.45, 7) is 1.01. The van der Waals surface area contributed by atoms with Crippen LogP contribution in [0.5, 0.6) is 0 Å². The van der Waals surface area contributed by atoms with E-state index in [1.54, 1.807) is 0 Å². The highest BCUT2D eigenvalue weighted by molar-refractivity contribution is 5.91. The maximum absolute atomic E-state index is 12.5. The van der Waals surface area contributed by atoms with Crippen molar-refractivity contribution in [3.05, 3.63) is 36.0 Å². The molecule has 2 amide bonds. The normalized spacial score (nSPS) is 18.9. The molecule has 1 aliphatic heterocycles. The SMILES string of the molecule is NC(=O)C1COCCN1C(=O)Cc1c[nH]c2ccccc12. The van der Waals surface area contributed by atoms with Gasteiger partial charge in [-0.25, -0.2) is 0 Å². The molecule has 1 aromatic carbocycles. The predicted molar refractivity (Wildman–Crippen MR) is 77.5 cm³/mol. The number of H-pyrrole nitrogens is 1. The highest BCUT2D eigenvalue weighted by Gasteiger charge is 2.31. The predicted octanol–water partition coefficient (Wildman–Crippen LogP) is 0.423. The Morgan fingerprint density at radius 1 is 1.38 bits per heavy atom. The minimum absolute atomic E-state index is 0.105. The number of benzene rings is 1. The van der Waals surface area contributed by atoms with Crippen molar-refractivity contribution in [1.29, 1.82) is 0 Å². The Morgan fingerprint density at radius 3 is 3.00 bits per heavy atom. The fraction of sp³-hybridized carbons (Fsp3) is 0.333. The highest BCUT2D eigenvalue weighted by Crippen LogP contribution is 2.19. The summed E-state index contributed by atoms with van der Waals surface area (Å²) in [5, 5.41) is 1.02. The second kappa shape index (κ2) is 5.57. The number of hydrogen-bond donors (Lipinski definition) is 2. The molecule has 2 aromatic rings. The van der Waals surface area contributed by atoms with Crippen LogP contribution in [0.3, 0.4) is 0 Å². The Balaban J connectivity index is 1.80. The third-order valence-electron chi connectivity index (χ3n) is 3.79. The fourth-order valence-electron chi connectivity index (χ4n) is 2.68. The van der Waals surface area contributed by atoms with E-state index in [9.17, 15) is 9.59 Å². The van der Waals surface area contributed by atoms with Crippen molar-refractivity contribution in [2.45, 2.75) is 12.5 Å². The zero-order valence-corrected chi connectivity index (χ0v) is 11.5. The maximum Gasteiger partial charge on any atom is 0.242 e. The lowest BCUT2D eigenvalue weighted by molar-refractivity contribution is -0.146. The van der Waals surface area contributed by atoms with Gasteiger partial charge < -0.3 is 20.4 Å². The summed E-state index contributed by atoms with van der Waals surface area (Å²) in [5.74, 6) is -0.631. The summed E-state index contributed by atoms with van der Waals surface area (Å²) in [4.78, 5) is 28.6. The lowest BCUT2D eigenvalue weighted by Gasteiger charge is -2.33. The van der Waals surface area contributed by atoms with Gasteiger partial charge in [-0.15, -0.1) is 0 Å². The molecule has 6 nitrogen and oxygen atoms in total. The molecule has 1 aliphatic rings. The number of hydrogen-bond acceptors (Lipinski definition) is 3. The molecule has 1 saturated heterocycles. The van der Waals surface area contributed by atoms with Gasteiger partial charge in [-0.05, 0) is 11.6 Å². The molecular weight excluding hydrogens is 270 g/mol. The van der Waals surface area contributed by atoms with Gasteiger partial charge in [-0.1, -0.05) is 18.2 Å². The van der Waals surface area contributed by atoms with E-state index in [0.29, 0.717) is 13.2 Å². The number of morpholine rings is 1. The van der Waals surface area contributed by atoms with Crippen molar-refractivity contribution in [2.75, 3.05) is 19.8 Å². The zero-order valence-electron chi connectivity index (χ0n) is 11.5. The molecule has 1 unspecified atom stereocenters. The number of nitrogens with zero attached hydrogens (tertiary/aromatic N) is 1. The number of rotatable bonds is 3. The summed E-state index contributed by atoms with van der Waals surface area (Å²) in [7, 11) is 0. The molecule has 0 saturated carbocycles. The quantitative estimate of drug-likeness (QED) is 0.857. The van der Waals surface area contributed by atoms with Crippen LogP contribution in [0.15, 0.2) is 30.5 Å². The van der Waals surface area contributed by atoms with Crippen LogP contribution < -0.4 is 5.73 Å². The van der Waals surface area contributed by atoms with E-state index < -0.39 is 11.9 Å². The molecule has 2 heterocycles. The first-order valence-corrected chi connectivity index (χ1v) is 6.88. The van der Waals surface area contributed by atoms with Gasteiger partial charge in [0, 0.05) is 23.6 Å². The Kier molecular flexibility index (Phi) is 3.62. The van der Waals surface area contributed by atoms with Gasteiger partial charge in [0.15, 0.2) is 0 Å². The summed E-state index contributed by atoms with van der Waals surface area (Å²) >= 11 is 0. The molecule has 1 aromatic heterocycles. The standard InChI is InChI=1S/C15H17N3O3/c16-15(20)13-9-21-6-5-18(13)14(19)7-10-8-17-12-4-2-1-3-11(10)12/h1-4,8,13,17H,5-7,9H2,(H2,16,20). The van der Waals surface area contributed by atoms with E-state index in [-0.39, 0.29) is 18.9 Å². The van der Waals surface area contributed by atoms with Crippen LogP contribution in [0.4, 0.5) is 0 Å². The van der Waals surface area contributed by atoms with E-state index in [1.807, 2.05) is 30.5 Å². The fourth-order valence-corrected chi connectivity index (χ4v) is 2.68. The van der Waals surface area contributed by atoms with Gasteiger partial charge in [0.2, 0.25) is 11.8 Å². The Hall–Kier alpha value is -2.34. The number of aromatic nitrogens is 1. The van der Waals surface area contributed by atoms with E-state index >= 15 is 0 Å². The molecule has 0 aliphatic carbocycles. The number of nitrogens with two attached hydrogens (primary N) is 1. The molecule has 1 atom stereocenters. The third kappa shape index (κ3) is 2.62. The number of carbonyl (C=O) groups excluding carboxylic acids is 2. The van der Waals surface area contributed by atoms with Gasteiger partial charge in [0.25, 0.3) is 0 Å². The van der Waals surface area contributed by atoms with Crippen LogP contribution >= 0.6 is 0 Å². The average Bonchev–Trinajstić information content (AvgIpc) is 2.90. The van der Waals surface area contributed by atoms with Gasteiger partial charge >= 0.3 is 0 Å². The lowest BCUT2D eigenvalue weighted by Crippen LogP contribution is -2.55. The Bertz CT molecular complexity index is 680. The second-order valence-electron chi connectivity index (χ2n) is 5.12. The smallest absolute Gasteiger partial charge is 0.242 e. The van der Waals surface area contributed by atoms with E-state index in [2.05, 4.69) is 4.98 Å². The third-order valence-corrected chi connectivity index (χ3v) is 3.79. The van der Waals surface area contributed by atoms with Crippen molar-refractivity contribution >= 4 is 22.7 Å². The van der Waals surface area contributed by atoms with Crippen molar-refractivity contribution in [2.24, 2.45) is 5.73 Å². The highest BCUT2D eigenvalue weighted by atomic mass is 16.5. The van der Waals surface area contributed by atoms with E-state index in [1.165, 1.54) is 4.90 Å². The monoisotopic (exact) mass is 287 g/mol. The van der Waals surface area contributed by atoms with E-state index in [0.717, 1.165) is 16.5 Å². The Labute approximate surface area is 121 Å². The maximum atomic E-state index is 12.5. The number of fused-ring (bicyclic) bond motifs is 1. The van der Waals surface area contributed by atoms with Crippen LogP contribution in [-0.2, 0) is 20.7 Å². The molecule has 3 rings (SSSR count). The zero-order chi connectivity index (χ0) is 14.8. The van der Waals surface area contributed by atoms with Crippen molar-refractivity contribution < 1.29 is 14.3 Å². The molecule has 0 spiro atoms. The van der Waals surface area contributed by atoms with Crippen LogP contribution in [-0.4, -0.2) is 47.5 Å². The van der Waals surface area contributed by atoms with Crippen LogP contribution in [0.2, 0.25) is 0 Å². The van der Waals surface area contributed by atoms with Gasteiger partial charge in [-0.2, -0.15) is 0 Å². The van der Waals surface area contributed by atoms with Crippen molar-refractivity contribution in [1.82, 2.24) is 9.88 Å². The van der Waals surface area contributed by atoms with Crippen LogP contribution in [0.1, 0.15) is 5.56 Å². The topological polar surface area (TPSA) is 88.4 Å². The van der Waals surface area contributed by atoms with Crippen LogP contribution in [0, 0.1) is 0 Å².